The minimum absolute atomic E-state index is 0.256. The van der Waals surface area contributed by atoms with Gasteiger partial charge in [0.2, 0.25) is 0 Å². The molecular weight excluding hydrogens is 159 g/mol. The maximum atomic E-state index is 12.7. The van der Waals surface area contributed by atoms with E-state index in [0.717, 1.165) is 5.56 Å². The van der Waals surface area contributed by atoms with Gasteiger partial charge in [-0.25, -0.2) is 4.39 Å². The van der Waals surface area contributed by atoms with Crippen LogP contribution >= 0.6 is 0 Å². The highest BCUT2D eigenvalue weighted by Gasteiger charge is 2.16. The Morgan fingerprint density at radius 1 is 1.50 bits per heavy atom. The van der Waals surface area contributed by atoms with Crippen molar-refractivity contribution in [3.05, 3.63) is 29.6 Å². The minimum Gasteiger partial charge on any atom is -0.465 e. The molecular formula is C9H9FO2. The summed E-state index contributed by atoms with van der Waals surface area (Å²) in [5.41, 5.74) is 0.834. The lowest BCUT2D eigenvalue weighted by Gasteiger charge is -2.21. The number of halogens is 1. The second kappa shape index (κ2) is 2.75. The summed E-state index contributed by atoms with van der Waals surface area (Å²) >= 11 is 0. The van der Waals surface area contributed by atoms with Gasteiger partial charge in [0.05, 0.1) is 0 Å². The van der Waals surface area contributed by atoms with Gasteiger partial charge in [0, 0.05) is 6.42 Å². The number of hydrogen-bond acceptors (Lipinski definition) is 2. The summed E-state index contributed by atoms with van der Waals surface area (Å²) in [6.07, 6.45) is 0.480. The lowest BCUT2D eigenvalue weighted by Crippen LogP contribution is -2.21. The van der Waals surface area contributed by atoms with Crippen LogP contribution in [0, 0.1) is 5.82 Å². The molecule has 1 aromatic carbocycles. The van der Waals surface area contributed by atoms with E-state index in [2.05, 4.69) is 0 Å². The molecule has 0 spiro atoms. The lowest BCUT2D eigenvalue weighted by molar-refractivity contribution is -0.0317. The monoisotopic (exact) mass is 168 g/mol. The van der Waals surface area contributed by atoms with Crippen molar-refractivity contribution in [2.75, 3.05) is 0 Å². The van der Waals surface area contributed by atoms with Gasteiger partial charge in [-0.3, -0.25) is 0 Å². The molecule has 1 aliphatic heterocycles. The molecule has 0 aliphatic carbocycles. The molecule has 0 fully saturated rings. The van der Waals surface area contributed by atoms with Crippen LogP contribution in [0.25, 0.3) is 0 Å². The maximum absolute atomic E-state index is 12.7. The molecule has 0 saturated carbocycles. The number of aryl methyl sites for hydroxylation is 1. The first kappa shape index (κ1) is 7.55. The number of aliphatic hydroxyl groups is 1. The van der Waals surface area contributed by atoms with Crippen LogP contribution in [0.2, 0.25) is 0 Å². The van der Waals surface area contributed by atoms with Crippen LogP contribution in [0.1, 0.15) is 12.0 Å². The van der Waals surface area contributed by atoms with Crippen molar-refractivity contribution in [2.45, 2.75) is 19.1 Å². The normalized spacial score (nSPS) is 21.3. The third-order valence-electron chi connectivity index (χ3n) is 1.95. The Morgan fingerprint density at radius 3 is 3.17 bits per heavy atom. The fraction of sp³-hybridized carbons (Fsp3) is 0.333. The SMILES string of the molecule is OC1CCc2cc(F)ccc2O1. The number of benzene rings is 1. The fourth-order valence-corrected chi connectivity index (χ4v) is 1.34. The molecule has 0 bridgehead atoms. The van der Waals surface area contributed by atoms with Gasteiger partial charge in [-0.2, -0.15) is 0 Å². The van der Waals surface area contributed by atoms with Crippen molar-refractivity contribution in [1.29, 1.82) is 0 Å². The van der Waals surface area contributed by atoms with Gasteiger partial charge in [0.1, 0.15) is 11.6 Å². The van der Waals surface area contributed by atoms with Crippen LogP contribution in [-0.4, -0.2) is 11.4 Å². The molecule has 2 rings (SSSR count). The molecule has 0 aromatic heterocycles. The first-order valence-electron chi connectivity index (χ1n) is 3.89. The Morgan fingerprint density at radius 2 is 2.33 bits per heavy atom. The van der Waals surface area contributed by atoms with E-state index in [0.29, 0.717) is 18.6 Å². The smallest absolute Gasteiger partial charge is 0.197 e. The average Bonchev–Trinajstić information content (AvgIpc) is 2.05. The zero-order chi connectivity index (χ0) is 8.55. The van der Waals surface area contributed by atoms with Crippen molar-refractivity contribution in [1.82, 2.24) is 0 Å². The van der Waals surface area contributed by atoms with Crippen LogP contribution < -0.4 is 4.74 Å². The summed E-state index contributed by atoms with van der Waals surface area (Å²) in [4.78, 5) is 0. The fourth-order valence-electron chi connectivity index (χ4n) is 1.34. The third kappa shape index (κ3) is 1.28. The van der Waals surface area contributed by atoms with Crippen molar-refractivity contribution in [3.8, 4) is 5.75 Å². The lowest BCUT2D eigenvalue weighted by atomic mass is 10.1. The van der Waals surface area contributed by atoms with Gasteiger partial charge in [0.15, 0.2) is 6.29 Å². The zero-order valence-corrected chi connectivity index (χ0v) is 6.46. The first-order valence-corrected chi connectivity index (χ1v) is 3.89. The number of ether oxygens (including phenoxy) is 1. The summed E-state index contributed by atoms with van der Waals surface area (Å²) in [6, 6.07) is 4.32. The highest BCUT2D eigenvalue weighted by Crippen LogP contribution is 2.26. The van der Waals surface area contributed by atoms with Crippen molar-refractivity contribution in [2.24, 2.45) is 0 Å². The van der Waals surface area contributed by atoms with Crippen LogP contribution in [0.15, 0.2) is 18.2 Å². The highest BCUT2D eigenvalue weighted by atomic mass is 19.1. The Balaban J connectivity index is 2.37. The van der Waals surface area contributed by atoms with Crippen molar-refractivity contribution >= 4 is 0 Å². The van der Waals surface area contributed by atoms with E-state index in [9.17, 15) is 4.39 Å². The molecule has 1 heterocycles. The molecule has 2 nitrogen and oxygen atoms in total. The predicted molar refractivity (Wildman–Crippen MR) is 41.4 cm³/mol. The summed E-state index contributed by atoms with van der Waals surface area (Å²) < 4.78 is 17.7. The van der Waals surface area contributed by atoms with Crippen LogP contribution in [0.5, 0.6) is 5.75 Å². The Kier molecular flexibility index (Phi) is 1.73. The second-order valence-electron chi connectivity index (χ2n) is 2.86. The molecule has 0 amide bonds. The van der Waals surface area contributed by atoms with E-state index in [1.807, 2.05) is 0 Å². The Labute approximate surface area is 69.6 Å². The van der Waals surface area contributed by atoms with E-state index in [1.54, 1.807) is 6.07 Å². The van der Waals surface area contributed by atoms with E-state index >= 15 is 0 Å². The largest absolute Gasteiger partial charge is 0.465 e. The molecule has 64 valence electrons. The van der Waals surface area contributed by atoms with E-state index < -0.39 is 6.29 Å². The molecule has 12 heavy (non-hydrogen) atoms. The number of hydrogen-bond donors (Lipinski definition) is 1. The van der Waals surface area contributed by atoms with Gasteiger partial charge in [-0.1, -0.05) is 0 Å². The van der Waals surface area contributed by atoms with Crippen molar-refractivity contribution < 1.29 is 14.2 Å². The summed E-state index contributed by atoms with van der Waals surface area (Å²) in [7, 11) is 0. The number of aliphatic hydroxyl groups excluding tert-OH is 1. The average molecular weight is 168 g/mol. The van der Waals surface area contributed by atoms with E-state index in [-0.39, 0.29) is 5.82 Å². The first-order chi connectivity index (χ1) is 5.75. The standard InChI is InChI=1S/C9H9FO2/c10-7-2-3-8-6(5-7)1-4-9(11)12-8/h2-3,5,9,11H,1,4H2. The summed E-state index contributed by atoms with van der Waals surface area (Å²) in [5.74, 6) is 0.337. The van der Waals surface area contributed by atoms with Gasteiger partial charge in [-0.05, 0) is 30.2 Å². The summed E-state index contributed by atoms with van der Waals surface area (Å²) in [5, 5.41) is 9.11. The molecule has 1 N–H and O–H groups in total. The molecule has 1 aromatic rings. The summed E-state index contributed by atoms with van der Waals surface area (Å²) in [6.45, 7) is 0. The predicted octanol–water partition coefficient (Wildman–Crippen LogP) is 1.47. The van der Waals surface area contributed by atoms with E-state index in [4.69, 9.17) is 9.84 Å². The number of rotatable bonds is 0. The molecule has 0 saturated heterocycles. The minimum atomic E-state index is -0.733. The van der Waals surface area contributed by atoms with E-state index in [1.165, 1.54) is 12.1 Å². The molecule has 3 heteroatoms. The quantitative estimate of drug-likeness (QED) is 0.635. The van der Waals surface area contributed by atoms with Gasteiger partial charge >= 0.3 is 0 Å². The van der Waals surface area contributed by atoms with Gasteiger partial charge < -0.3 is 9.84 Å². The number of fused-ring (bicyclic) bond motifs is 1. The Bertz CT molecular complexity index is 299. The topological polar surface area (TPSA) is 29.5 Å². The second-order valence-corrected chi connectivity index (χ2v) is 2.86. The van der Waals surface area contributed by atoms with Crippen LogP contribution in [0.4, 0.5) is 4.39 Å². The molecule has 1 unspecified atom stereocenters. The van der Waals surface area contributed by atoms with Gasteiger partial charge in [0.25, 0.3) is 0 Å². The van der Waals surface area contributed by atoms with Crippen molar-refractivity contribution in [3.63, 3.8) is 0 Å². The molecule has 1 aliphatic rings. The molecule has 0 radical (unpaired) electrons. The van der Waals surface area contributed by atoms with Gasteiger partial charge in [-0.15, -0.1) is 0 Å². The van der Waals surface area contributed by atoms with Crippen LogP contribution in [0.3, 0.4) is 0 Å². The molecule has 1 atom stereocenters. The zero-order valence-electron chi connectivity index (χ0n) is 6.46. The maximum Gasteiger partial charge on any atom is 0.197 e. The van der Waals surface area contributed by atoms with Crippen LogP contribution in [-0.2, 0) is 6.42 Å². The third-order valence-corrected chi connectivity index (χ3v) is 1.95. The Hall–Kier alpha value is -1.09. The highest BCUT2D eigenvalue weighted by molar-refractivity contribution is 5.35.